The van der Waals surface area contributed by atoms with Gasteiger partial charge in [-0.15, -0.1) is 0 Å². The van der Waals surface area contributed by atoms with Crippen LogP contribution >= 0.6 is 11.6 Å². The minimum atomic E-state index is -1.34. The van der Waals surface area contributed by atoms with Crippen LogP contribution in [0.5, 0.6) is 0 Å². The lowest BCUT2D eigenvalue weighted by Crippen LogP contribution is -1.98. The first-order chi connectivity index (χ1) is 3.54. The number of halogens is 2. The quantitative estimate of drug-likeness (QED) is 0.486. The molecular formula is C6H10ClF. The van der Waals surface area contributed by atoms with Gasteiger partial charge >= 0.3 is 0 Å². The minimum Gasteiger partial charge on any atom is -0.226 e. The molecule has 0 nitrogen and oxygen atoms in total. The van der Waals surface area contributed by atoms with E-state index in [1.807, 2.05) is 13.8 Å². The molecule has 0 N–H and O–H groups in total. The van der Waals surface area contributed by atoms with Crippen molar-refractivity contribution < 1.29 is 4.39 Å². The number of alkyl halides is 2. The molecule has 0 aromatic heterocycles. The van der Waals surface area contributed by atoms with Gasteiger partial charge in [-0.1, -0.05) is 25.4 Å². The Morgan fingerprint density at radius 1 is 1.75 bits per heavy atom. The highest BCUT2D eigenvalue weighted by Gasteiger charge is 2.55. The van der Waals surface area contributed by atoms with Crippen LogP contribution in [-0.4, -0.2) is 5.13 Å². The molecule has 0 aromatic carbocycles. The zero-order valence-electron chi connectivity index (χ0n) is 5.12. The van der Waals surface area contributed by atoms with Crippen LogP contribution in [-0.2, 0) is 0 Å². The van der Waals surface area contributed by atoms with Gasteiger partial charge in [0.05, 0.1) is 0 Å². The molecule has 48 valence electrons. The molecule has 0 saturated heterocycles. The largest absolute Gasteiger partial charge is 0.226 e. The van der Waals surface area contributed by atoms with Gasteiger partial charge in [-0.05, 0) is 5.92 Å². The van der Waals surface area contributed by atoms with Crippen LogP contribution < -0.4 is 0 Å². The van der Waals surface area contributed by atoms with Crippen molar-refractivity contribution in [2.45, 2.75) is 25.4 Å². The van der Waals surface area contributed by atoms with Crippen molar-refractivity contribution in [1.29, 1.82) is 0 Å². The predicted octanol–water partition coefficient (Wildman–Crippen LogP) is 2.57. The summed E-state index contributed by atoms with van der Waals surface area (Å²) in [6.07, 6.45) is 0.548. The fourth-order valence-electron chi connectivity index (χ4n) is 0.958. The normalized spacial score (nSPS) is 45.4. The molecule has 0 heterocycles. The van der Waals surface area contributed by atoms with Crippen molar-refractivity contribution in [3.63, 3.8) is 0 Å². The van der Waals surface area contributed by atoms with Gasteiger partial charge in [0.25, 0.3) is 0 Å². The molecule has 1 rings (SSSR count). The predicted molar refractivity (Wildman–Crippen MR) is 32.6 cm³/mol. The zero-order chi connectivity index (χ0) is 6.36. The summed E-state index contributed by atoms with van der Waals surface area (Å²) in [4.78, 5) is 0. The molecule has 0 radical (unpaired) electrons. The van der Waals surface area contributed by atoms with Gasteiger partial charge in [-0.25, -0.2) is 4.39 Å². The third-order valence-electron chi connectivity index (χ3n) is 1.68. The summed E-state index contributed by atoms with van der Waals surface area (Å²) in [7, 11) is 0. The fourth-order valence-corrected chi connectivity index (χ4v) is 1.38. The van der Waals surface area contributed by atoms with E-state index in [0.717, 1.165) is 0 Å². The first kappa shape index (κ1) is 6.34. The average molecular weight is 137 g/mol. The van der Waals surface area contributed by atoms with E-state index in [2.05, 4.69) is 0 Å². The fraction of sp³-hybridized carbons (Fsp3) is 1.00. The van der Waals surface area contributed by atoms with Gasteiger partial charge < -0.3 is 0 Å². The van der Waals surface area contributed by atoms with Crippen molar-refractivity contribution in [2.24, 2.45) is 11.8 Å². The van der Waals surface area contributed by atoms with Gasteiger partial charge in [-0.2, -0.15) is 0 Å². The molecule has 0 spiro atoms. The summed E-state index contributed by atoms with van der Waals surface area (Å²) in [5, 5.41) is -1.34. The number of hydrogen-bond acceptors (Lipinski definition) is 0. The Balaban J connectivity index is 2.37. The number of rotatable bonds is 1. The Hall–Kier alpha value is 0.220. The van der Waals surface area contributed by atoms with Gasteiger partial charge in [0.1, 0.15) is 0 Å². The maximum absolute atomic E-state index is 12.5. The topological polar surface area (TPSA) is 0 Å². The van der Waals surface area contributed by atoms with E-state index < -0.39 is 5.13 Å². The summed E-state index contributed by atoms with van der Waals surface area (Å²) < 4.78 is 12.5. The van der Waals surface area contributed by atoms with E-state index in [9.17, 15) is 4.39 Å². The molecule has 1 aliphatic rings. The SMILES string of the molecule is CC(C)[C@@H]1C[C@]1(F)Cl. The third-order valence-corrected chi connectivity index (χ3v) is 2.11. The summed E-state index contributed by atoms with van der Waals surface area (Å²) in [5.41, 5.74) is 0. The van der Waals surface area contributed by atoms with Crippen LogP contribution in [0, 0.1) is 11.8 Å². The molecular weight excluding hydrogens is 127 g/mol. The average Bonchev–Trinajstić information content (AvgIpc) is 2.13. The lowest BCUT2D eigenvalue weighted by molar-refractivity contribution is 0.360. The Bertz CT molecular complexity index is 98.7. The van der Waals surface area contributed by atoms with Crippen LogP contribution in [0.3, 0.4) is 0 Å². The van der Waals surface area contributed by atoms with Crippen molar-refractivity contribution in [3.05, 3.63) is 0 Å². The maximum Gasteiger partial charge on any atom is 0.187 e. The molecule has 0 aliphatic heterocycles. The summed E-state index contributed by atoms with van der Waals surface area (Å²) >= 11 is 5.34. The Morgan fingerprint density at radius 2 is 2.12 bits per heavy atom. The van der Waals surface area contributed by atoms with Crippen LogP contribution in [0.25, 0.3) is 0 Å². The van der Waals surface area contributed by atoms with Gasteiger partial charge in [-0.3, -0.25) is 0 Å². The van der Waals surface area contributed by atoms with E-state index in [0.29, 0.717) is 12.3 Å². The smallest absolute Gasteiger partial charge is 0.187 e. The Morgan fingerprint density at radius 3 is 2.12 bits per heavy atom. The second-order valence-corrected chi connectivity index (χ2v) is 3.44. The van der Waals surface area contributed by atoms with Crippen LogP contribution in [0.15, 0.2) is 0 Å². The highest BCUT2D eigenvalue weighted by Crippen LogP contribution is 2.54. The highest BCUT2D eigenvalue weighted by molar-refractivity contribution is 6.25. The van der Waals surface area contributed by atoms with Gasteiger partial charge in [0.15, 0.2) is 5.13 Å². The third kappa shape index (κ3) is 0.970. The zero-order valence-corrected chi connectivity index (χ0v) is 5.87. The molecule has 0 bridgehead atoms. The van der Waals surface area contributed by atoms with Crippen LogP contribution in [0.1, 0.15) is 20.3 Å². The van der Waals surface area contributed by atoms with E-state index in [-0.39, 0.29) is 5.92 Å². The number of hydrogen-bond donors (Lipinski definition) is 0. The monoisotopic (exact) mass is 136 g/mol. The molecule has 2 heteroatoms. The van der Waals surface area contributed by atoms with Crippen molar-refractivity contribution in [3.8, 4) is 0 Å². The summed E-state index contributed by atoms with van der Waals surface area (Å²) in [6.45, 7) is 3.99. The highest BCUT2D eigenvalue weighted by atomic mass is 35.5. The van der Waals surface area contributed by atoms with Gasteiger partial charge in [0, 0.05) is 12.3 Å². The molecule has 1 saturated carbocycles. The van der Waals surface area contributed by atoms with Crippen LogP contribution in [0.4, 0.5) is 4.39 Å². The van der Waals surface area contributed by atoms with Crippen molar-refractivity contribution >= 4 is 11.6 Å². The van der Waals surface area contributed by atoms with Crippen LogP contribution in [0.2, 0.25) is 0 Å². The molecule has 1 aliphatic carbocycles. The Labute approximate surface area is 54.0 Å². The molecule has 8 heavy (non-hydrogen) atoms. The lowest BCUT2D eigenvalue weighted by atomic mass is 10.1. The molecule has 0 aromatic rings. The molecule has 2 atom stereocenters. The lowest BCUT2D eigenvalue weighted by Gasteiger charge is -1.99. The summed E-state index contributed by atoms with van der Waals surface area (Å²) in [6, 6.07) is 0. The second-order valence-electron chi connectivity index (χ2n) is 2.82. The van der Waals surface area contributed by atoms with E-state index in [4.69, 9.17) is 11.6 Å². The van der Waals surface area contributed by atoms with Gasteiger partial charge in [0.2, 0.25) is 0 Å². The molecule has 1 fully saturated rings. The molecule has 0 amide bonds. The van der Waals surface area contributed by atoms with E-state index >= 15 is 0 Å². The minimum absolute atomic E-state index is 0.115. The standard InChI is InChI=1S/C6H10ClF/c1-4(2)5-3-6(5,7)8/h4-5H,3H2,1-2H3/t5-,6+/m0/s1. The first-order valence-corrected chi connectivity index (χ1v) is 3.29. The van der Waals surface area contributed by atoms with E-state index in [1.165, 1.54) is 0 Å². The summed E-state index contributed by atoms with van der Waals surface area (Å²) in [5.74, 6) is 0.515. The first-order valence-electron chi connectivity index (χ1n) is 2.92. The Kier molecular flexibility index (Phi) is 1.27. The van der Waals surface area contributed by atoms with Crippen molar-refractivity contribution in [1.82, 2.24) is 0 Å². The maximum atomic E-state index is 12.5. The van der Waals surface area contributed by atoms with Crippen molar-refractivity contribution in [2.75, 3.05) is 0 Å². The second kappa shape index (κ2) is 1.60. The molecule has 0 unspecified atom stereocenters. The van der Waals surface area contributed by atoms with E-state index in [1.54, 1.807) is 0 Å².